The van der Waals surface area contributed by atoms with E-state index in [0.717, 1.165) is 6.54 Å². The van der Waals surface area contributed by atoms with Crippen molar-refractivity contribution in [2.45, 2.75) is 25.9 Å². The number of hydrogen-bond donors (Lipinski definition) is 1. The van der Waals surface area contributed by atoms with Crippen molar-refractivity contribution in [3.8, 4) is 0 Å². The van der Waals surface area contributed by atoms with Gasteiger partial charge in [-0.3, -0.25) is 4.90 Å². The molecule has 2 nitrogen and oxygen atoms in total. The van der Waals surface area contributed by atoms with Crippen LogP contribution in [0.15, 0.2) is 36.4 Å². The summed E-state index contributed by atoms with van der Waals surface area (Å²) < 4.78 is 0. The molecule has 2 aromatic carbocycles. The fourth-order valence-electron chi connectivity index (χ4n) is 2.88. The number of likely N-dealkylation sites (tertiary alicyclic amines) is 1. The summed E-state index contributed by atoms with van der Waals surface area (Å²) in [5.74, 6) is 0. The third-order valence-corrected chi connectivity index (χ3v) is 3.86. The van der Waals surface area contributed by atoms with E-state index >= 15 is 0 Å². The Morgan fingerprint density at radius 1 is 1.06 bits per heavy atom. The number of nitrogens with two attached hydrogens (primary N) is 1. The van der Waals surface area contributed by atoms with Gasteiger partial charge in [-0.25, -0.2) is 0 Å². The maximum Gasteiger partial charge on any atom is 0.0233 e. The van der Waals surface area contributed by atoms with Gasteiger partial charge >= 0.3 is 0 Å². The predicted octanol–water partition coefficient (Wildman–Crippen LogP) is 2.89. The second-order valence-electron chi connectivity index (χ2n) is 5.16. The minimum Gasteiger partial charge on any atom is -0.326 e. The fourth-order valence-corrected chi connectivity index (χ4v) is 2.88. The highest BCUT2D eigenvalue weighted by molar-refractivity contribution is 5.86. The van der Waals surface area contributed by atoms with Crippen LogP contribution in [0, 0.1) is 0 Å². The van der Waals surface area contributed by atoms with Gasteiger partial charge in [-0.05, 0) is 53.9 Å². The molecule has 0 aromatic heterocycles. The van der Waals surface area contributed by atoms with E-state index in [2.05, 4.69) is 41.3 Å². The second-order valence-corrected chi connectivity index (χ2v) is 5.16. The summed E-state index contributed by atoms with van der Waals surface area (Å²) in [6.45, 7) is 4.20. The van der Waals surface area contributed by atoms with Crippen LogP contribution in [0.25, 0.3) is 10.8 Å². The summed E-state index contributed by atoms with van der Waals surface area (Å²) in [7, 11) is 0. The lowest BCUT2D eigenvalue weighted by Crippen LogP contribution is -2.18. The molecule has 1 fully saturated rings. The highest BCUT2D eigenvalue weighted by Crippen LogP contribution is 2.21. The molecule has 3 rings (SSSR count). The molecule has 1 saturated heterocycles. The SMILES string of the molecule is NCc1cccc2cc(CN3CCCC3)ccc12. The van der Waals surface area contributed by atoms with Gasteiger partial charge < -0.3 is 5.73 Å². The molecule has 0 bridgehead atoms. The normalized spacial score (nSPS) is 16.5. The molecular weight excluding hydrogens is 220 g/mol. The Bertz CT molecular complexity index is 542. The molecule has 1 aliphatic heterocycles. The van der Waals surface area contributed by atoms with Gasteiger partial charge in [0.05, 0.1) is 0 Å². The summed E-state index contributed by atoms with van der Waals surface area (Å²) in [6, 6.07) is 13.2. The maximum absolute atomic E-state index is 5.78. The lowest BCUT2D eigenvalue weighted by Gasteiger charge is -2.15. The maximum atomic E-state index is 5.78. The van der Waals surface area contributed by atoms with Crippen LogP contribution in [0.2, 0.25) is 0 Å². The van der Waals surface area contributed by atoms with Crippen LogP contribution >= 0.6 is 0 Å². The molecule has 18 heavy (non-hydrogen) atoms. The minimum atomic E-state index is 0.614. The zero-order chi connectivity index (χ0) is 12.4. The summed E-state index contributed by atoms with van der Waals surface area (Å²) in [5.41, 5.74) is 8.43. The first-order valence-corrected chi connectivity index (χ1v) is 6.80. The van der Waals surface area contributed by atoms with Crippen LogP contribution in [-0.4, -0.2) is 18.0 Å². The van der Waals surface area contributed by atoms with Crippen molar-refractivity contribution < 1.29 is 0 Å². The summed E-state index contributed by atoms with van der Waals surface area (Å²) >= 11 is 0. The Labute approximate surface area is 108 Å². The summed E-state index contributed by atoms with van der Waals surface area (Å²) in [4.78, 5) is 2.54. The van der Waals surface area contributed by atoms with Crippen molar-refractivity contribution in [1.82, 2.24) is 4.90 Å². The summed E-state index contributed by atoms with van der Waals surface area (Å²) in [5, 5.41) is 2.61. The van der Waals surface area contributed by atoms with Crippen LogP contribution in [0.4, 0.5) is 0 Å². The van der Waals surface area contributed by atoms with E-state index in [9.17, 15) is 0 Å². The third-order valence-electron chi connectivity index (χ3n) is 3.86. The largest absolute Gasteiger partial charge is 0.326 e. The molecule has 94 valence electrons. The van der Waals surface area contributed by atoms with Crippen molar-refractivity contribution in [2.24, 2.45) is 5.73 Å². The van der Waals surface area contributed by atoms with E-state index in [1.54, 1.807) is 0 Å². The van der Waals surface area contributed by atoms with Crippen molar-refractivity contribution >= 4 is 10.8 Å². The van der Waals surface area contributed by atoms with Gasteiger partial charge in [0.2, 0.25) is 0 Å². The van der Waals surface area contributed by atoms with E-state index in [-0.39, 0.29) is 0 Å². The number of hydrogen-bond acceptors (Lipinski definition) is 2. The number of benzene rings is 2. The van der Waals surface area contributed by atoms with Crippen LogP contribution in [0.3, 0.4) is 0 Å². The topological polar surface area (TPSA) is 29.3 Å². The van der Waals surface area contributed by atoms with Gasteiger partial charge in [0.25, 0.3) is 0 Å². The average molecular weight is 240 g/mol. The highest BCUT2D eigenvalue weighted by atomic mass is 15.1. The van der Waals surface area contributed by atoms with Crippen molar-refractivity contribution in [1.29, 1.82) is 0 Å². The molecule has 0 radical (unpaired) electrons. The standard InChI is InChI=1S/C16H20N2/c17-11-15-5-3-4-14-10-13(6-7-16(14)15)12-18-8-1-2-9-18/h3-7,10H,1-2,8-9,11-12,17H2. The molecule has 0 amide bonds. The van der Waals surface area contributed by atoms with E-state index in [1.165, 1.54) is 47.8 Å². The number of fused-ring (bicyclic) bond motifs is 1. The zero-order valence-electron chi connectivity index (χ0n) is 10.7. The Hall–Kier alpha value is -1.38. The Kier molecular flexibility index (Phi) is 3.31. The molecule has 0 aliphatic carbocycles. The molecule has 2 N–H and O–H groups in total. The van der Waals surface area contributed by atoms with Crippen molar-refractivity contribution in [3.63, 3.8) is 0 Å². The second kappa shape index (κ2) is 5.09. The molecule has 2 aromatic rings. The Balaban J connectivity index is 1.90. The zero-order valence-corrected chi connectivity index (χ0v) is 10.7. The Morgan fingerprint density at radius 2 is 1.89 bits per heavy atom. The van der Waals surface area contributed by atoms with Gasteiger partial charge in [0.15, 0.2) is 0 Å². The molecule has 2 heteroatoms. The quantitative estimate of drug-likeness (QED) is 0.894. The first kappa shape index (κ1) is 11.7. The lowest BCUT2D eigenvalue weighted by molar-refractivity contribution is 0.331. The molecule has 0 unspecified atom stereocenters. The van der Waals surface area contributed by atoms with E-state index in [0.29, 0.717) is 6.54 Å². The first-order chi connectivity index (χ1) is 8.86. The minimum absolute atomic E-state index is 0.614. The molecule has 0 spiro atoms. The Morgan fingerprint density at radius 3 is 2.67 bits per heavy atom. The molecule has 1 aliphatic rings. The average Bonchev–Trinajstić information content (AvgIpc) is 2.90. The lowest BCUT2D eigenvalue weighted by atomic mass is 10.0. The highest BCUT2D eigenvalue weighted by Gasteiger charge is 2.11. The van der Waals surface area contributed by atoms with E-state index in [1.807, 2.05) is 0 Å². The predicted molar refractivity (Wildman–Crippen MR) is 76.4 cm³/mol. The smallest absolute Gasteiger partial charge is 0.0233 e. The van der Waals surface area contributed by atoms with Crippen LogP contribution in [0.5, 0.6) is 0 Å². The molecule has 0 saturated carbocycles. The van der Waals surface area contributed by atoms with Gasteiger partial charge in [-0.15, -0.1) is 0 Å². The van der Waals surface area contributed by atoms with Gasteiger partial charge in [-0.2, -0.15) is 0 Å². The third kappa shape index (κ3) is 2.26. The van der Waals surface area contributed by atoms with Crippen molar-refractivity contribution in [3.05, 3.63) is 47.5 Å². The van der Waals surface area contributed by atoms with Crippen LogP contribution in [0.1, 0.15) is 24.0 Å². The van der Waals surface area contributed by atoms with Gasteiger partial charge in [0, 0.05) is 13.1 Å². The summed E-state index contributed by atoms with van der Waals surface area (Å²) in [6.07, 6.45) is 2.70. The van der Waals surface area contributed by atoms with Crippen molar-refractivity contribution in [2.75, 3.05) is 13.1 Å². The van der Waals surface area contributed by atoms with E-state index < -0.39 is 0 Å². The van der Waals surface area contributed by atoms with Gasteiger partial charge in [0.1, 0.15) is 0 Å². The number of rotatable bonds is 3. The molecule has 0 atom stereocenters. The molecule has 1 heterocycles. The molecular formula is C16H20N2. The van der Waals surface area contributed by atoms with E-state index in [4.69, 9.17) is 5.73 Å². The monoisotopic (exact) mass is 240 g/mol. The van der Waals surface area contributed by atoms with Crippen LogP contribution < -0.4 is 5.73 Å². The van der Waals surface area contributed by atoms with Crippen LogP contribution in [-0.2, 0) is 13.1 Å². The number of nitrogens with zero attached hydrogens (tertiary/aromatic N) is 1. The van der Waals surface area contributed by atoms with Gasteiger partial charge in [-0.1, -0.05) is 30.3 Å². The first-order valence-electron chi connectivity index (χ1n) is 6.80. The fraction of sp³-hybridized carbons (Fsp3) is 0.375.